The highest BCUT2D eigenvalue weighted by atomic mass is 16.5. The summed E-state index contributed by atoms with van der Waals surface area (Å²) in [7, 11) is 4.05. The Balaban J connectivity index is 2.27. The Labute approximate surface area is 97.3 Å². The zero-order valence-corrected chi connectivity index (χ0v) is 10.4. The van der Waals surface area contributed by atoms with E-state index in [1.54, 1.807) is 0 Å². The van der Waals surface area contributed by atoms with Gasteiger partial charge in [-0.15, -0.1) is 0 Å². The zero-order valence-electron chi connectivity index (χ0n) is 10.4. The normalized spacial score (nSPS) is 27.1. The summed E-state index contributed by atoms with van der Waals surface area (Å²) in [6.07, 6.45) is 0.946. The van der Waals surface area contributed by atoms with Crippen LogP contribution in [0.5, 0.6) is 0 Å². The van der Waals surface area contributed by atoms with Gasteiger partial charge in [-0.1, -0.05) is 0 Å². The van der Waals surface area contributed by atoms with Crippen molar-refractivity contribution in [1.82, 2.24) is 10.2 Å². The standard InChI is InChI=1S/C11H23N3O2/c1-8(4-5-14(2)3)13-11(15)9-6-16-7-10(9)12/h8-10H,4-7,12H2,1-3H3,(H,13,15). The number of nitrogens with two attached hydrogens (primary N) is 1. The molecule has 1 heterocycles. The Morgan fingerprint density at radius 1 is 1.56 bits per heavy atom. The Morgan fingerprint density at radius 3 is 2.75 bits per heavy atom. The van der Waals surface area contributed by atoms with E-state index in [0.29, 0.717) is 13.2 Å². The Bertz CT molecular complexity index is 233. The topological polar surface area (TPSA) is 67.6 Å². The molecule has 3 N–H and O–H groups in total. The van der Waals surface area contributed by atoms with Crippen molar-refractivity contribution in [2.24, 2.45) is 11.7 Å². The predicted octanol–water partition coefficient (Wildman–Crippen LogP) is -0.583. The van der Waals surface area contributed by atoms with Crippen molar-refractivity contribution in [2.45, 2.75) is 25.4 Å². The molecule has 0 saturated carbocycles. The summed E-state index contributed by atoms with van der Waals surface area (Å²) in [4.78, 5) is 13.9. The van der Waals surface area contributed by atoms with Gasteiger partial charge in [-0.25, -0.2) is 0 Å². The van der Waals surface area contributed by atoms with Gasteiger partial charge in [0, 0.05) is 12.1 Å². The number of ether oxygens (including phenoxy) is 1. The quantitative estimate of drug-likeness (QED) is 0.661. The van der Waals surface area contributed by atoms with Crippen molar-refractivity contribution in [3.05, 3.63) is 0 Å². The van der Waals surface area contributed by atoms with Crippen LogP contribution in [0.15, 0.2) is 0 Å². The molecule has 0 aromatic rings. The highest BCUT2D eigenvalue weighted by Crippen LogP contribution is 2.12. The largest absolute Gasteiger partial charge is 0.379 e. The monoisotopic (exact) mass is 229 g/mol. The molecule has 94 valence electrons. The van der Waals surface area contributed by atoms with E-state index in [9.17, 15) is 4.79 Å². The molecule has 1 aliphatic rings. The average Bonchev–Trinajstić information content (AvgIpc) is 2.61. The Hall–Kier alpha value is -0.650. The van der Waals surface area contributed by atoms with Crippen LogP contribution in [0.1, 0.15) is 13.3 Å². The van der Waals surface area contributed by atoms with Crippen molar-refractivity contribution in [3.63, 3.8) is 0 Å². The third-order valence-corrected chi connectivity index (χ3v) is 2.86. The number of carbonyl (C=O) groups excluding carboxylic acids is 1. The third kappa shape index (κ3) is 4.08. The molecular formula is C11H23N3O2. The second-order valence-electron chi connectivity index (χ2n) is 4.81. The summed E-state index contributed by atoms with van der Waals surface area (Å²) in [6.45, 7) is 3.93. The van der Waals surface area contributed by atoms with Crippen LogP contribution in [-0.4, -0.2) is 56.7 Å². The average molecular weight is 229 g/mol. The summed E-state index contributed by atoms with van der Waals surface area (Å²) in [5, 5.41) is 2.98. The molecule has 0 aromatic carbocycles. The van der Waals surface area contributed by atoms with Crippen LogP contribution in [-0.2, 0) is 9.53 Å². The number of carbonyl (C=O) groups is 1. The first-order valence-electron chi connectivity index (χ1n) is 5.79. The van der Waals surface area contributed by atoms with Gasteiger partial charge in [0.05, 0.1) is 19.1 Å². The fourth-order valence-corrected chi connectivity index (χ4v) is 1.71. The van der Waals surface area contributed by atoms with Crippen LogP contribution in [0, 0.1) is 5.92 Å². The van der Waals surface area contributed by atoms with Gasteiger partial charge in [0.25, 0.3) is 0 Å². The summed E-state index contributed by atoms with van der Waals surface area (Å²) in [5.74, 6) is -0.155. The van der Waals surface area contributed by atoms with Crippen LogP contribution in [0.4, 0.5) is 0 Å². The van der Waals surface area contributed by atoms with Crippen LogP contribution < -0.4 is 11.1 Å². The SMILES string of the molecule is CC(CCN(C)C)NC(=O)C1COCC1N. The van der Waals surface area contributed by atoms with Crippen LogP contribution in [0.3, 0.4) is 0 Å². The molecular weight excluding hydrogens is 206 g/mol. The van der Waals surface area contributed by atoms with Gasteiger partial charge in [-0.3, -0.25) is 4.79 Å². The van der Waals surface area contributed by atoms with E-state index in [4.69, 9.17) is 10.5 Å². The highest BCUT2D eigenvalue weighted by molar-refractivity contribution is 5.80. The molecule has 16 heavy (non-hydrogen) atoms. The smallest absolute Gasteiger partial charge is 0.227 e. The molecule has 0 spiro atoms. The molecule has 0 bridgehead atoms. The van der Waals surface area contributed by atoms with E-state index in [2.05, 4.69) is 10.2 Å². The summed E-state index contributed by atoms with van der Waals surface area (Å²) in [6, 6.07) is 0.0312. The number of nitrogens with zero attached hydrogens (tertiary/aromatic N) is 1. The van der Waals surface area contributed by atoms with Gasteiger partial charge in [-0.05, 0) is 34.0 Å². The number of hydrogen-bond acceptors (Lipinski definition) is 4. The lowest BCUT2D eigenvalue weighted by atomic mass is 10.0. The molecule has 0 aromatic heterocycles. The van der Waals surface area contributed by atoms with Crippen molar-refractivity contribution < 1.29 is 9.53 Å². The lowest BCUT2D eigenvalue weighted by Gasteiger charge is -2.19. The summed E-state index contributed by atoms with van der Waals surface area (Å²) < 4.78 is 5.18. The summed E-state index contributed by atoms with van der Waals surface area (Å²) in [5.41, 5.74) is 5.78. The van der Waals surface area contributed by atoms with E-state index in [1.165, 1.54) is 0 Å². The minimum Gasteiger partial charge on any atom is -0.379 e. The first-order chi connectivity index (χ1) is 7.50. The van der Waals surface area contributed by atoms with Gasteiger partial charge in [-0.2, -0.15) is 0 Å². The molecule has 3 atom stereocenters. The molecule has 1 aliphatic heterocycles. The van der Waals surface area contributed by atoms with Crippen LogP contribution in [0.2, 0.25) is 0 Å². The second kappa shape index (κ2) is 6.18. The number of rotatable bonds is 5. The molecule has 3 unspecified atom stereocenters. The maximum atomic E-state index is 11.8. The van der Waals surface area contributed by atoms with E-state index in [1.807, 2.05) is 21.0 Å². The molecule has 0 aliphatic carbocycles. The minimum absolute atomic E-state index is 0.0243. The van der Waals surface area contributed by atoms with Gasteiger partial charge in [0.15, 0.2) is 0 Å². The highest BCUT2D eigenvalue weighted by Gasteiger charge is 2.31. The van der Waals surface area contributed by atoms with Crippen molar-refractivity contribution in [3.8, 4) is 0 Å². The molecule has 0 radical (unpaired) electrons. The predicted molar refractivity (Wildman–Crippen MR) is 63.1 cm³/mol. The fourth-order valence-electron chi connectivity index (χ4n) is 1.71. The maximum Gasteiger partial charge on any atom is 0.227 e. The lowest BCUT2D eigenvalue weighted by molar-refractivity contribution is -0.125. The molecule has 1 amide bonds. The van der Waals surface area contributed by atoms with Gasteiger partial charge >= 0.3 is 0 Å². The zero-order chi connectivity index (χ0) is 12.1. The Kier molecular flexibility index (Phi) is 5.18. The Morgan fingerprint density at radius 2 is 2.25 bits per heavy atom. The molecule has 5 heteroatoms. The van der Waals surface area contributed by atoms with E-state index in [-0.39, 0.29) is 23.9 Å². The number of amides is 1. The van der Waals surface area contributed by atoms with Crippen molar-refractivity contribution in [1.29, 1.82) is 0 Å². The molecule has 5 nitrogen and oxygen atoms in total. The molecule has 1 rings (SSSR count). The van der Waals surface area contributed by atoms with Crippen LogP contribution in [0.25, 0.3) is 0 Å². The second-order valence-corrected chi connectivity index (χ2v) is 4.81. The van der Waals surface area contributed by atoms with Gasteiger partial charge in [0.2, 0.25) is 5.91 Å². The van der Waals surface area contributed by atoms with Crippen molar-refractivity contribution >= 4 is 5.91 Å². The summed E-state index contributed by atoms with van der Waals surface area (Å²) >= 11 is 0. The molecule has 1 fully saturated rings. The van der Waals surface area contributed by atoms with Crippen LogP contribution >= 0.6 is 0 Å². The van der Waals surface area contributed by atoms with E-state index < -0.39 is 0 Å². The molecule has 1 saturated heterocycles. The fraction of sp³-hybridized carbons (Fsp3) is 0.909. The third-order valence-electron chi connectivity index (χ3n) is 2.86. The van der Waals surface area contributed by atoms with Gasteiger partial charge in [0.1, 0.15) is 0 Å². The number of nitrogens with one attached hydrogen (secondary N) is 1. The first kappa shape index (κ1) is 13.4. The maximum absolute atomic E-state index is 11.8. The van der Waals surface area contributed by atoms with Gasteiger partial charge < -0.3 is 20.7 Å². The van der Waals surface area contributed by atoms with E-state index >= 15 is 0 Å². The van der Waals surface area contributed by atoms with E-state index in [0.717, 1.165) is 13.0 Å². The number of hydrogen-bond donors (Lipinski definition) is 2. The minimum atomic E-state index is -0.179. The van der Waals surface area contributed by atoms with Crippen molar-refractivity contribution in [2.75, 3.05) is 33.9 Å². The first-order valence-corrected chi connectivity index (χ1v) is 5.79. The lowest BCUT2D eigenvalue weighted by Crippen LogP contribution is -2.44.